The summed E-state index contributed by atoms with van der Waals surface area (Å²) in [6.07, 6.45) is 8.09. The number of urea groups is 1. The monoisotopic (exact) mass is 370 g/mol. The summed E-state index contributed by atoms with van der Waals surface area (Å²) in [5.74, 6) is 2.50. The second-order valence-corrected chi connectivity index (χ2v) is 7.21. The van der Waals surface area contributed by atoms with Crippen LogP contribution in [0, 0.1) is 12.8 Å². The molecule has 2 aromatic rings. The fourth-order valence-corrected chi connectivity index (χ4v) is 3.36. The minimum atomic E-state index is -0.0214. The molecule has 0 aliphatic carbocycles. The molecule has 6 nitrogen and oxygen atoms in total. The molecule has 0 spiro atoms. The van der Waals surface area contributed by atoms with E-state index in [9.17, 15) is 4.79 Å². The van der Waals surface area contributed by atoms with E-state index in [-0.39, 0.29) is 6.03 Å². The van der Waals surface area contributed by atoms with E-state index < -0.39 is 0 Å². The molecule has 1 saturated heterocycles. The molecule has 27 heavy (non-hydrogen) atoms. The van der Waals surface area contributed by atoms with Crippen molar-refractivity contribution in [3.8, 4) is 5.75 Å². The van der Waals surface area contributed by atoms with Gasteiger partial charge in [-0.05, 0) is 56.4 Å². The summed E-state index contributed by atoms with van der Waals surface area (Å²) in [6.45, 7) is 7.48. The van der Waals surface area contributed by atoms with Crippen LogP contribution in [0.3, 0.4) is 0 Å². The number of hydrogen-bond acceptors (Lipinski definition) is 3. The Hall–Kier alpha value is -2.50. The first-order chi connectivity index (χ1) is 13.2. The van der Waals surface area contributed by atoms with Crippen LogP contribution in [-0.4, -0.2) is 40.2 Å². The molecule has 0 atom stereocenters. The highest BCUT2D eigenvalue weighted by molar-refractivity contribution is 5.89. The number of ether oxygens (including phenoxy) is 1. The van der Waals surface area contributed by atoms with Crippen LogP contribution in [0.1, 0.15) is 38.4 Å². The summed E-state index contributed by atoms with van der Waals surface area (Å²) in [5.41, 5.74) is 0.805. The zero-order valence-electron chi connectivity index (χ0n) is 16.4. The average molecular weight is 370 g/mol. The van der Waals surface area contributed by atoms with Crippen molar-refractivity contribution < 1.29 is 9.53 Å². The number of nitrogens with zero attached hydrogens (tertiary/aromatic N) is 3. The Morgan fingerprint density at radius 1 is 1.26 bits per heavy atom. The Bertz CT molecular complexity index is 718. The molecule has 1 aromatic heterocycles. The van der Waals surface area contributed by atoms with E-state index in [1.54, 1.807) is 0 Å². The Morgan fingerprint density at radius 3 is 2.63 bits per heavy atom. The molecule has 3 rings (SSSR count). The Kier molecular flexibility index (Phi) is 6.74. The number of aromatic nitrogens is 2. The third kappa shape index (κ3) is 5.49. The number of hydrogen-bond donors (Lipinski definition) is 1. The Morgan fingerprint density at radius 2 is 2.00 bits per heavy atom. The molecule has 0 saturated carbocycles. The maximum absolute atomic E-state index is 12.5. The maximum atomic E-state index is 12.5. The van der Waals surface area contributed by atoms with E-state index in [4.69, 9.17) is 4.74 Å². The van der Waals surface area contributed by atoms with Gasteiger partial charge >= 0.3 is 6.03 Å². The summed E-state index contributed by atoms with van der Waals surface area (Å²) >= 11 is 0. The summed E-state index contributed by atoms with van der Waals surface area (Å²) < 4.78 is 7.86. The zero-order chi connectivity index (χ0) is 19.1. The lowest BCUT2D eigenvalue weighted by atomic mass is 9.97. The van der Waals surface area contributed by atoms with Gasteiger partial charge in [-0.25, -0.2) is 9.78 Å². The number of carbonyl (C=O) groups excluding carboxylic acids is 1. The quantitative estimate of drug-likeness (QED) is 0.739. The lowest BCUT2D eigenvalue weighted by Gasteiger charge is -2.32. The highest BCUT2D eigenvalue weighted by Crippen LogP contribution is 2.21. The maximum Gasteiger partial charge on any atom is 0.321 e. The third-order valence-corrected chi connectivity index (χ3v) is 5.15. The number of benzene rings is 1. The predicted octanol–water partition coefficient (Wildman–Crippen LogP) is 4.31. The third-order valence-electron chi connectivity index (χ3n) is 5.15. The molecule has 6 heteroatoms. The molecule has 1 aromatic carbocycles. The van der Waals surface area contributed by atoms with Gasteiger partial charge in [0.1, 0.15) is 11.6 Å². The van der Waals surface area contributed by atoms with E-state index in [2.05, 4.69) is 21.8 Å². The SMILES string of the molecule is CCCCOc1ccc(NC(=O)N2CCC(Cn3ccnc3C)CC2)cc1. The first-order valence-electron chi connectivity index (χ1n) is 9.92. The second-order valence-electron chi connectivity index (χ2n) is 7.21. The van der Waals surface area contributed by atoms with Crippen LogP contribution < -0.4 is 10.1 Å². The number of rotatable bonds is 7. The lowest BCUT2D eigenvalue weighted by molar-refractivity contribution is 0.176. The molecule has 1 N–H and O–H groups in total. The number of carbonyl (C=O) groups is 1. The van der Waals surface area contributed by atoms with Crippen LogP contribution in [-0.2, 0) is 6.54 Å². The van der Waals surface area contributed by atoms with Crippen molar-refractivity contribution in [2.45, 2.75) is 46.1 Å². The minimum absolute atomic E-state index is 0.0214. The van der Waals surface area contributed by atoms with Gasteiger partial charge in [0.2, 0.25) is 0 Å². The van der Waals surface area contributed by atoms with Crippen molar-refractivity contribution in [2.24, 2.45) is 5.92 Å². The van der Waals surface area contributed by atoms with E-state index in [0.29, 0.717) is 5.92 Å². The van der Waals surface area contributed by atoms with Crippen LogP contribution in [0.25, 0.3) is 0 Å². The van der Waals surface area contributed by atoms with Gasteiger partial charge in [0.15, 0.2) is 0 Å². The molecule has 0 bridgehead atoms. The van der Waals surface area contributed by atoms with Gasteiger partial charge < -0.3 is 19.5 Å². The normalized spacial score (nSPS) is 15.0. The summed E-state index contributed by atoms with van der Waals surface area (Å²) in [4.78, 5) is 18.7. The van der Waals surface area contributed by atoms with Crippen LogP contribution in [0.15, 0.2) is 36.7 Å². The van der Waals surface area contributed by atoms with Gasteiger partial charge in [0, 0.05) is 37.7 Å². The summed E-state index contributed by atoms with van der Waals surface area (Å²) in [7, 11) is 0. The van der Waals surface area contributed by atoms with E-state index in [1.165, 1.54) is 0 Å². The number of unbranched alkanes of at least 4 members (excludes halogenated alkanes) is 1. The lowest BCUT2D eigenvalue weighted by Crippen LogP contribution is -2.41. The number of aryl methyl sites for hydroxylation is 1. The average Bonchev–Trinajstić information content (AvgIpc) is 3.08. The largest absolute Gasteiger partial charge is 0.494 e. The number of anilines is 1. The van der Waals surface area contributed by atoms with Crippen molar-refractivity contribution in [3.05, 3.63) is 42.5 Å². The molecule has 0 radical (unpaired) electrons. The first-order valence-corrected chi connectivity index (χ1v) is 9.92. The van der Waals surface area contributed by atoms with Crippen molar-refractivity contribution in [1.82, 2.24) is 14.5 Å². The van der Waals surface area contributed by atoms with Gasteiger partial charge in [-0.3, -0.25) is 0 Å². The Balaban J connectivity index is 1.43. The molecule has 2 heterocycles. The highest BCUT2D eigenvalue weighted by Gasteiger charge is 2.23. The van der Waals surface area contributed by atoms with Gasteiger partial charge in [-0.15, -0.1) is 0 Å². The van der Waals surface area contributed by atoms with E-state index in [1.807, 2.05) is 48.5 Å². The Labute approximate surface area is 161 Å². The standard InChI is InChI=1S/C21H30N4O2/c1-3-4-15-27-20-7-5-19(6-8-20)23-21(26)24-12-9-18(10-13-24)16-25-14-11-22-17(25)2/h5-8,11,14,18H,3-4,9-10,12-13,15-16H2,1-2H3,(H,23,26). The van der Waals surface area contributed by atoms with Crippen molar-refractivity contribution in [2.75, 3.05) is 25.0 Å². The number of nitrogens with one attached hydrogen (secondary N) is 1. The van der Waals surface area contributed by atoms with Crippen molar-refractivity contribution in [3.63, 3.8) is 0 Å². The number of amides is 2. The predicted molar refractivity (Wildman–Crippen MR) is 107 cm³/mol. The minimum Gasteiger partial charge on any atom is -0.494 e. The highest BCUT2D eigenvalue weighted by atomic mass is 16.5. The molecule has 1 aliphatic rings. The molecular weight excluding hydrogens is 340 g/mol. The van der Waals surface area contributed by atoms with Gasteiger partial charge in [0.25, 0.3) is 0 Å². The topological polar surface area (TPSA) is 59.4 Å². The summed E-state index contributed by atoms with van der Waals surface area (Å²) in [6, 6.07) is 7.59. The summed E-state index contributed by atoms with van der Waals surface area (Å²) in [5, 5.41) is 2.99. The molecule has 1 fully saturated rings. The molecule has 0 unspecified atom stereocenters. The smallest absolute Gasteiger partial charge is 0.321 e. The number of imidazole rings is 1. The first kappa shape index (κ1) is 19.3. The van der Waals surface area contributed by atoms with E-state index in [0.717, 1.165) is 69.2 Å². The molecule has 1 aliphatic heterocycles. The van der Waals surface area contributed by atoms with Crippen LogP contribution in [0.5, 0.6) is 5.75 Å². The number of likely N-dealkylation sites (tertiary alicyclic amines) is 1. The van der Waals surface area contributed by atoms with Crippen molar-refractivity contribution >= 4 is 11.7 Å². The van der Waals surface area contributed by atoms with Gasteiger partial charge in [0.05, 0.1) is 6.61 Å². The zero-order valence-corrected chi connectivity index (χ0v) is 16.4. The molecule has 2 amide bonds. The number of piperidine rings is 1. The van der Waals surface area contributed by atoms with E-state index >= 15 is 0 Å². The van der Waals surface area contributed by atoms with Crippen LogP contribution in [0.2, 0.25) is 0 Å². The molecule has 146 valence electrons. The van der Waals surface area contributed by atoms with Gasteiger partial charge in [-0.1, -0.05) is 13.3 Å². The molecular formula is C21H30N4O2. The fourth-order valence-electron chi connectivity index (χ4n) is 3.36. The van der Waals surface area contributed by atoms with Gasteiger partial charge in [-0.2, -0.15) is 0 Å². The van der Waals surface area contributed by atoms with Crippen molar-refractivity contribution in [1.29, 1.82) is 0 Å². The van der Waals surface area contributed by atoms with Crippen LogP contribution >= 0.6 is 0 Å². The second kappa shape index (κ2) is 9.44. The fraction of sp³-hybridized carbons (Fsp3) is 0.524. The van der Waals surface area contributed by atoms with Crippen LogP contribution in [0.4, 0.5) is 10.5 Å².